The Bertz CT molecular complexity index is 143. The van der Waals surface area contributed by atoms with E-state index in [1.54, 1.807) is 0 Å². The van der Waals surface area contributed by atoms with Gasteiger partial charge in [-0.1, -0.05) is 41.9 Å². The predicted molar refractivity (Wildman–Crippen MR) is 58.5 cm³/mol. The van der Waals surface area contributed by atoms with Gasteiger partial charge in [-0.15, -0.1) is 0 Å². The molecule has 0 saturated heterocycles. The fourth-order valence-electron chi connectivity index (χ4n) is 1.70. The Hall–Kier alpha value is 0.200. The third-order valence-electron chi connectivity index (χ3n) is 2.43. The van der Waals surface area contributed by atoms with Crippen LogP contribution >= 0.6 is 22.6 Å². The molecule has 0 aromatic rings. The number of alkyl halides is 1. The molecule has 0 bridgehead atoms. The van der Waals surface area contributed by atoms with Gasteiger partial charge in [0, 0.05) is 6.54 Å². The SMILES string of the molecule is O=C(CI)NCC1CCCCC1. The minimum atomic E-state index is 0.182. The number of hydrogen-bond donors (Lipinski definition) is 1. The number of rotatable bonds is 3. The highest BCUT2D eigenvalue weighted by atomic mass is 127. The van der Waals surface area contributed by atoms with Crippen LogP contribution in [0.15, 0.2) is 0 Å². The minimum Gasteiger partial charge on any atom is -0.355 e. The summed E-state index contributed by atoms with van der Waals surface area (Å²) in [5.41, 5.74) is 0. The lowest BCUT2D eigenvalue weighted by Gasteiger charge is -2.21. The van der Waals surface area contributed by atoms with Crippen LogP contribution in [-0.4, -0.2) is 16.9 Å². The van der Waals surface area contributed by atoms with Gasteiger partial charge >= 0.3 is 0 Å². The maximum absolute atomic E-state index is 10.9. The Balaban J connectivity index is 2.09. The van der Waals surface area contributed by atoms with Crippen molar-refractivity contribution in [2.24, 2.45) is 5.92 Å². The minimum absolute atomic E-state index is 0.182. The molecule has 1 aliphatic carbocycles. The van der Waals surface area contributed by atoms with Gasteiger partial charge in [-0.3, -0.25) is 4.79 Å². The van der Waals surface area contributed by atoms with E-state index in [2.05, 4.69) is 27.9 Å². The second-order valence-corrected chi connectivity index (χ2v) is 4.20. The summed E-state index contributed by atoms with van der Waals surface area (Å²) in [5, 5.41) is 2.96. The van der Waals surface area contributed by atoms with Crippen LogP contribution in [0.25, 0.3) is 0 Å². The van der Waals surface area contributed by atoms with E-state index >= 15 is 0 Å². The number of halogens is 1. The standard InChI is InChI=1S/C9H16INO/c10-6-9(12)11-7-8-4-2-1-3-5-8/h8H,1-7H2,(H,11,12). The number of amides is 1. The van der Waals surface area contributed by atoms with E-state index in [0.29, 0.717) is 4.43 Å². The molecule has 0 aromatic heterocycles. The van der Waals surface area contributed by atoms with Crippen LogP contribution in [0, 0.1) is 5.92 Å². The summed E-state index contributed by atoms with van der Waals surface area (Å²) in [5.74, 6) is 0.937. The van der Waals surface area contributed by atoms with Crippen LogP contribution in [0.1, 0.15) is 32.1 Å². The summed E-state index contributed by atoms with van der Waals surface area (Å²) < 4.78 is 0.588. The molecular weight excluding hydrogens is 265 g/mol. The second kappa shape index (κ2) is 5.78. The number of nitrogens with one attached hydrogen (secondary N) is 1. The van der Waals surface area contributed by atoms with E-state index in [1.807, 2.05) is 0 Å². The molecule has 1 rings (SSSR count). The normalized spacial score (nSPS) is 19.1. The van der Waals surface area contributed by atoms with Crippen LogP contribution in [0.2, 0.25) is 0 Å². The smallest absolute Gasteiger partial charge is 0.229 e. The third kappa shape index (κ3) is 3.74. The van der Waals surface area contributed by atoms with Gasteiger partial charge < -0.3 is 5.32 Å². The Labute approximate surface area is 87.6 Å². The lowest BCUT2D eigenvalue weighted by Crippen LogP contribution is -2.30. The Morgan fingerprint density at radius 3 is 2.58 bits per heavy atom. The summed E-state index contributed by atoms with van der Waals surface area (Å²) >= 11 is 2.10. The highest BCUT2D eigenvalue weighted by Gasteiger charge is 2.13. The van der Waals surface area contributed by atoms with Gasteiger partial charge in [0.05, 0.1) is 4.43 Å². The molecule has 0 aromatic carbocycles. The monoisotopic (exact) mass is 281 g/mol. The Morgan fingerprint density at radius 1 is 1.33 bits per heavy atom. The highest BCUT2D eigenvalue weighted by molar-refractivity contribution is 14.1. The van der Waals surface area contributed by atoms with Crippen molar-refractivity contribution in [3.63, 3.8) is 0 Å². The van der Waals surface area contributed by atoms with Crippen molar-refractivity contribution in [3.05, 3.63) is 0 Å². The van der Waals surface area contributed by atoms with Gasteiger partial charge in [0.25, 0.3) is 0 Å². The van der Waals surface area contributed by atoms with Gasteiger partial charge in [0.2, 0.25) is 5.91 Å². The van der Waals surface area contributed by atoms with E-state index in [1.165, 1.54) is 32.1 Å². The van der Waals surface area contributed by atoms with Crippen molar-refractivity contribution < 1.29 is 4.79 Å². The zero-order chi connectivity index (χ0) is 8.81. The van der Waals surface area contributed by atoms with Gasteiger partial charge in [0.1, 0.15) is 0 Å². The first-order valence-electron chi connectivity index (χ1n) is 4.65. The van der Waals surface area contributed by atoms with Crippen molar-refractivity contribution in [1.82, 2.24) is 5.32 Å². The second-order valence-electron chi connectivity index (χ2n) is 3.44. The maximum Gasteiger partial charge on any atom is 0.229 e. The molecule has 0 spiro atoms. The molecule has 1 aliphatic rings. The van der Waals surface area contributed by atoms with Crippen molar-refractivity contribution in [2.75, 3.05) is 11.0 Å². The van der Waals surface area contributed by atoms with Crippen LogP contribution in [0.3, 0.4) is 0 Å². The molecular formula is C9H16INO. The van der Waals surface area contributed by atoms with Crippen molar-refractivity contribution >= 4 is 28.5 Å². The predicted octanol–water partition coefficient (Wildman–Crippen LogP) is 2.12. The molecule has 70 valence electrons. The summed E-state index contributed by atoms with van der Waals surface area (Å²) in [6, 6.07) is 0. The van der Waals surface area contributed by atoms with Gasteiger partial charge in [-0.25, -0.2) is 0 Å². The zero-order valence-electron chi connectivity index (χ0n) is 7.31. The molecule has 1 amide bonds. The summed E-state index contributed by atoms with van der Waals surface area (Å²) in [6.07, 6.45) is 6.70. The van der Waals surface area contributed by atoms with Crippen molar-refractivity contribution in [2.45, 2.75) is 32.1 Å². The summed E-state index contributed by atoms with van der Waals surface area (Å²) in [4.78, 5) is 10.9. The van der Waals surface area contributed by atoms with Gasteiger partial charge in [-0.2, -0.15) is 0 Å². The molecule has 0 heterocycles. The van der Waals surface area contributed by atoms with Crippen LogP contribution in [0.4, 0.5) is 0 Å². The third-order valence-corrected chi connectivity index (χ3v) is 3.13. The molecule has 0 atom stereocenters. The molecule has 0 radical (unpaired) electrons. The number of hydrogen-bond acceptors (Lipinski definition) is 1. The molecule has 1 fully saturated rings. The molecule has 1 N–H and O–H groups in total. The Morgan fingerprint density at radius 2 is 2.00 bits per heavy atom. The Kier molecular flexibility index (Phi) is 4.95. The molecule has 2 nitrogen and oxygen atoms in total. The van der Waals surface area contributed by atoms with Crippen molar-refractivity contribution in [3.8, 4) is 0 Å². The largest absolute Gasteiger partial charge is 0.355 e. The zero-order valence-corrected chi connectivity index (χ0v) is 9.47. The van der Waals surface area contributed by atoms with E-state index in [9.17, 15) is 4.79 Å². The lowest BCUT2D eigenvalue weighted by molar-refractivity contribution is -0.118. The first-order chi connectivity index (χ1) is 5.83. The quantitative estimate of drug-likeness (QED) is 0.623. The van der Waals surface area contributed by atoms with Gasteiger partial charge in [-0.05, 0) is 18.8 Å². The average molecular weight is 281 g/mol. The first-order valence-corrected chi connectivity index (χ1v) is 6.18. The van der Waals surface area contributed by atoms with Gasteiger partial charge in [0.15, 0.2) is 0 Å². The maximum atomic E-state index is 10.9. The van der Waals surface area contributed by atoms with E-state index in [0.717, 1.165) is 12.5 Å². The molecule has 1 saturated carbocycles. The fraction of sp³-hybridized carbons (Fsp3) is 0.889. The van der Waals surface area contributed by atoms with E-state index in [4.69, 9.17) is 0 Å². The summed E-state index contributed by atoms with van der Waals surface area (Å²) in [6.45, 7) is 0.905. The number of carbonyl (C=O) groups excluding carboxylic acids is 1. The molecule has 0 aliphatic heterocycles. The van der Waals surface area contributed by atoms with Crippen LogP contribution in [0.5, 0.6) is 0 Å². The van der Waals surface area contributed by atoms with E-state index in [-0.39, 0.29) is 5.91 Å². The number of carbonyl (C=O) groups is 1. The van der Waals surface area contributed by atoms with E-state index < -0.39 is 0 Å². The highest BCUT2D eigenvalue weighted by Crippen LogP contribution is 2.22. The topological polar surface area (TPSA) is 29.1 Å². The average Bonchev–Trinajstić information content (AvgIpc) is 2.16. The summed E-state index contributed by atoms with van der Waals surface area (Å²) in [7, 11) is 0. The first kappa shape index (κ1) is 10.3. The molecule has 0 unspecified atom stereocenters. The lowest BCUT2D eigenvalue weighted by atomic mass is 9.89. The fourth-order valence-corrected chi connectivity index (χ4v) is 1.97. The molecule has 12 heavy (non-hydrogen) atoms. The molecule has 3 heteroatoms. The van der Waals surface area contributed by atoms with Crippen molar-refractivity contribution in [1.29, 1.82) is 0 Å². The van der Waals surface area contributed by atoms with Crippen LogP contribution in [-0.2, 0) is 4.79 Å². The van der Waals surface area contributed by atoms with Crippen LogP contribution < -0.4 is 5.32 Å².